The molecule has 2 aromatic rings. The summed E-state index contributed by atoms with van der Waals surface area (Å²) in [6.07, 6.45) is 0.753. The molecule has 2 atom stereocenters. The summed E-state index contributed by atoms with van der Waals surface area (Å²) in [4.78, 5) is 23.4. The number of hydrogen-bond donors (Lipinski definition) is 4. The van der Waals surface area contributed by atoms with E-state index in [1.807, 2.05) is 12.1 Å². The van der Waals surface area contributed by atoms with Crippen molar-refractivity contribution >= 4 is 23.2 Å². The van der Waals surface area contributed by atoms with Crippen molar-refractivity contribution in [2.24, 2.45) is 5.73 Å². The number of primary amides is 1. The number of para-hydroxylation sites is 1. The molecular formula is C20H22N4O3. The number of ether oxygens (including phenoxy) is 1. The molecule has 1 spiro atoms. The highest BCUT2D eigenvalue weighted by Gasteiger charge is 2.46. The zero-order chi connectivity index (χ0) is 18.9. The number of carbonyl (C=O) groups is 2. The van der Waals surface area contributed by atoms with E-state index >= 15 is 0 Å². The fraction of sp³-hybridized carbons (Fsp3) is 0.300. The summed E-state index contributed by atoms with van der Waals surface area (Å²) in [6.45, 7) is 1.44. The number of rotatable bonds is 5. The highest BCUT2D eigenvalue weighted by molar-refractivity contribution is 5.95. The molecule has 0 saturated carbocycles. The Kier molecular flexibility index (Phi) is 4.45. The summed E-state index contributed by atoms with van der Waals surface area (Å²) in [5, 5.41) is 9.75. The van der Waals surface area contributed by atoms with Crippen molar-refractivity contribution in [1.29, 1.82) is 0 Å². The number of carbonyl (C=O) groups excluding carboxylic acids is 2. The predicted octanol–water partition coefficient (Wildman–Crippen LogP) is 1.21. The lowest BCUT2D eigenvalue weighted by molar-refractivity contribution is -0.120. The SMILES string of the molecule is NC(=O)COc1ccc(NC(=O)C2CC3(CNc4ccccc43)CN2)cc1. The molecule has 0 aliphatic carbocycles. The van der Waals surface area contributed by atoms with E-state index in [0.29, 0.717) is 11.4 Å². The maximum absolute atomic E-state index is 12.7. The lowest BCUT2D eigenvalue weighted by atomic mass is 9.80. The van der Waals surface area contributed by atoms with Gasteiger partial charge in [0.25, 0.3) is 5.91 Å². The fourth-order valence-corrected chi connectivity index (χ4v) is 3.86. The van der Waals surface area contributed by atoms with Crippen molar-refractivity contribution < 1.29 is 14.3 Å². The molecular weight excluding hydrogens is 344 g/mol. The lowest BCUT2D eigenvalue weighted by Crippen LogP contribution is -2.35. The van der Waals surface area contributed by atoms with Gasteiger partial charge in [0.1, 0.15) is 5.75 Å². The number of nitrogens with one attached hydrogen (secondary N) is 3. The largest absolute Gasteiger partial charge is 0.484 e. The van der Waals surface area contributed by atoms with E-state index in [1.165, 1.54) is 5.56 Å². The summed E-state index contributed by atoms with van der Waals surface area (Å²) in [5.41, 5.74) is 8.14. The van der Waals surface area contributed by atoms with E-state index in [9.17, 15) is 9.59 Å². The minimum Gasteiger partial charge on any atom is -0.484 e. The Labute approximate surface area is 157 Å². The molecule has 2 aromatic carbocycles. The molecule has 0 radical (unpaired) electrons. The molecule has 27 heavy (non-hydrogen) atoms. The average molecular weight is 366 g/mol. The molecule has 4 rings (SSSR count). The van der Waals surface area contributed by atoms with Crippen LogP contribution >= 0.6 is 0 Å². The Bertz CT molecular complexity index is 868. The van der Waals surface area contributed by atoms with E-state index < -0.39 is 5.91 Å². The molecule has 2 aliphatic rings. The zero-order valence-corrected chi connectivity index (χ0v) is 14.8. The summed E-state index contributed by atoms with van der Waals surface area (Å²) >= 11 is 0. The highest BCUT2D eigenvalue weighted by Crippen LogP contribution is 2.42. The van der Waals surface area contributed by atoms with Crippen molar-refractivity contribution in [3.63, 3.8) is 0 Å². The summed E-state index contributed by atoms with van der Waals surface area (Å²) in [6, 6.07) is 14.9. The topological polar surface area (TPSA) is 105 Å². The second-order valence-electron chi connectivity index (χ2n) is 7.09. The Morgan fingerprint density at radius 3 is 2.70 bits per heavy atom. The van der Waals surface area contributed by atoms with Crippen LogP contribution in [0, 0.1) is 0 Å². The van der Waals surface area contributed by atoms with Crippen LogP contribution in [0.3, 0.4) is 0 Å². The molecule has 0 aromatic heterocycles. The van der Waals surface area contributed by atoms with E-state index in [2.05, 4.69) is 28.1 Å². The highest BCUT2D eigenvalue weighted by atomic mass is 16.5. The fourth-order valence-electron chi connectivity index (χ4n) is 3.86. The Balaban J connectivity index is 1.38. The van der Waals surface area contributed by atoms with E-state index in [1.54, 1.807) is 24.3 Å². The zero-order valence-electron chi connectivity index (χ0n) is 14.8. The molecule has 7 heteroatoms. The first kappa shape index (κ1) is 17.4. The van der Waals surface area contributed by atoms with Gasteiger partial charge in [0.05, 0.1) is 6.04 Å². The third kappa shape index (κ3) is 3.46. The quantitative estimate of drug-likeness (QED) is 0.637. The van der Waals surface area contributed by atoms with Crippen LogP contribution in [0.4, 0.5) is 11.4 Å². The molecule has 1 saturated heterocycles. The monoisotopic (exact) mass is 366 g/mol. The van der Waals surface area contributed by atoms with Crippen molar-refractivity contribution in [2.75, 3.05) is 30.3 Å². The maximum Gasteiger partial charge on any atom is 0.255 e. The Morgan fingerprint density at radius 1 is 1.15 bits per heavy atom. The van der Waals surface area contributed by atoms with Gasteiger partial charge >= 0.3 is 0 Å². The molecule has 2 aliphatic heterocycles. The first-order chi connectivity index (χ1) is 13.1. The molecule has 2 heterocycles. The second-order valence-corrected chi connectivity index (χ2v) is 7.09. The van der Waals surface area contributed by atoms with E-state index in [0.717, 1.165) is 25.2 Å². The van der Waals surface area contributed by atoms with Crippen LogP contribution in [0.1, 0.15) is 12.0 Å². The smallest absolute Gasteiger partial charge is 0.255 e. The predicted molar refractivity (Wildman–Crippen MR) is 103 cm³/mol. The van der Waals surface area contributed by atoms with Gasteiger partial charge in [-0.25, -0.2) is 0 Å². The average Bonchev–Trinajstić information content (AvgIpc) is 3.27. The van der Waals surface area contributed by atoms with Gasteiger partial charge in [0, 0.05) is 29.9 Å². The van der Waals surface area contributed by atoms with Gasteiger partial charge in [-0.05, 0) is 42.3 Å². The molecule has 2 unspecified atom stereocenters. The van der Waals surface area contributed by atoms with Gasteiger partial charge in [0.2, 0.25) is 5.91 Å². The van der Waals surface area contributed by atoms with Crippen LogP contribution in [0.2, 0.25) is 0 Å². The van der Waals surface area contributed by atoms with Crippen molar-refractivity contribution in [1.82, 2.24) is 5.32 Å². The van der Waals surface area contributed by atoms with Gasteiger partial charge in [-0.2, -0.15) is 0 Å². The van der Waals surface area contributed by atoms with Gasteiger partial charge in [-0.3, -0.25) is 9.59 Å². The number of fused-ring (bicyclic) bond motifs is 2. The number of hydrogen-bond acceptors (Lipinski definition) is 5. The number of nitrogens with two attached hydrogens (primary N) is 1. The molecule has 140 valence electrons. The first-order valence-electron chi connectivity index (χ1n) is 8.95. The minimum absolute atomic E-state index is 0.0366. The van der Waals surface area contributed by atoms with Crippen LogP contribution in [0.25, 0.3) is 0 Å². The molecule has 2 amide bonds. The maximum atomic E-state index is 12.7. The summed E-state index contributed by atoms with van der Waals surface area (Å²) < 4.78 is 5.22. The third-order valence-corrected chi connectivity index (χ3v) is 5.22. The van der Waals surface area contributed by atoms with Crippen LogP contribution < -0.4 is 26.4 Å². The lowest BCUT2D eigenvalue weighted by Gasteiger charge is -2.22. The minimum atomic E-state index is -0.531. The number of amides is 2. The first-order valence-corrected chi connectivity index (χ1v) is 8.95. The Hall–Kier alpha value is -3.06. The second kappa shape index (κ2) is 6.92. The molecule has 1 fully saturated rings. The number of benzene rings is 2. The van der Waals surface area contributed by atoms with Crippen LogP contribution in [0.15, 0.2) is 48.5 Å². The molecule has 0 bridgehead atoms. The normalized spacial score (nSPS) is 22.9. The van der Waals surface area contributed by atoms with E-state index in [4.69, 9.17) is 10.5 Å². The van der Waals surface area contributed by atoms with Gasteiger partial charge in [-0.1, -0.05) is 18.2 Å². The van der Waals surface area contributed by atoms with Crippen LogP contribution in [0.5, 0.6) is 5.75 Å². The Morgan fingerprint density at radius 2 is 1.93 bits per heavy atom. The van der Waals surface area contributed by atoms with Crippen LogP contribution in [-0.2, 0) is 15.0 Å². The van der Waals surface area contributed by atoms with Gasteiger partial charge in [-0.15, -0.1) is 0 Å². The van der Waals surface area contributed by atoms with Gasteiger partial charge in [0.15, 0.2) is 6.61 Å². The standard InChI is InChI=1S/C20H22N4O3/c21-18(25)10-27-14-7-5-13(6-8-14)24-19(26)17-9-20(12-23-17)11-22-16-4-2-1-3-15(16)20/h1-8,17,22-23H,9-12H2,(H2,21,25)(H,24,26). The molecule has 5 N–H and O–H groups in total. The van der Waals surface area contributed by atoms with Gasteiger partial charge < -0.3 is 26.4 Å². The van der Waals surface area contributed by atoms with Crippen molar-refractivity contribution in [2.45, 2.75) is 17.9 Å². The van der Waals surface area contributed by atoms with E-state index in [-0.39, 0.29) is 24.0 Å². The van der Waals surface area contributed by atoms with Crippen molar-refractivity contribution in [3.8, 4) is 5.75 Å². The van der Waals surface area contributed by atoms with Crippen molar-refractivity contribution in [3.05, 3.63) is 54.1 Å². The molecule has 7 nitrogen and oxygen atoms in total. The third-order valence-electron chi connectivity index (χ3n) is 5.22. The number of anilines is 2. The van der Waals surface area contributed by atoms with Crippen LogP contribution in [-0.4, -0.2) is 37.6 Å². The summed E-state index contributed by atoms with van der Waals surface area (Å²) in [5.74, 6) is -0.0583. The summed E-state index contributed by atoms with van der Waals surface area (Å²) in [7, 11) is 0.